The van der Waals surface area contributed by atoms with Gasteiger partial charge in [0.25, 0.3) is 0 Å². The lowest BCUT2D eigenvalue weighted by Gasteiger charge is -2.29. The number of carbonyl (C=O) groups is 2. The fraction of sp³-hybridized carbons (Fsp3) is 0.515. The second kappa shape index (κ2) is 16.7. The highest BCUT2D eigenvalue weighted by Gasteiger charge is 2.18. The van der Waals surface area contributed by atoms with Crippen LogP contribution >= 0.6 is 0 Å². The van der Waals surface area contributed by atoms with Crippen molar-refractivity contribution >= 4 is 34.5 Å². The number of nitrogens with one attached hydrogen (secondary N) is 2. The van der Waals surface area contributed by atoms with Crippen molar-refractivity contribution < 1.29 is 33.6 Å². The van der Waals surface area contributed by atoms with Crippen LogP contribution in [0.5, 0.6) is 11.5 Å². The van der Waals surface area contributed by atoms with Crippen molar-refractivity contribution in [2.75, 3.05) is 62.8 Å². The summed E-state index contributed by atoms with van der Waals surface area (Å²) < 4.78 is 22.4. The molecule has 0 aliphatic carbocycles. The van der Waals surface area contributed by atoms with E-state index in [0.29, 0.717) is 50.0 Å². The molecule has 1 aromatic heterocycles. The minimum absolute atomic E-state index is 0.374. The lowest BCUT2D eigenvalue weighted by molar-refractivity contribution is -0.139. The van der Waals surface area contributed by atoms with Crippen molar-refractivity contribution in [1.29, 1.82) is 0 Å². The Hall–Kier alpha value is -4.32. The zero-order chi connectivity index (χ0) is 32.1. The number of carbonyl (C=O) groups excluding carboxylic acids is 1. The number of alkyl carbamates (subject to hydrolysis) is 1. The predicted molar refractivity (Wildman–Crippen MR) is 173 cm³/mol. The Balaban J connectivity index is 1.26. The van der Waals surface area contributed by atoms with Crippen LogP contribution in [0, 0.1) is 0 Å². The summed E-state index contributed by atoms with van der Waals surface area (Å²) in [4.78, 5) is 34.0. The number of rotatable bonds is 16. The zero-order valence-electron chi connectivity index (χ0n) is 26.5. The lowest BCUT2D eigenvalue weighted by Crippen LogP contribution is -2.36. The first-order valence-corrected chi connectivity index (χ1v) is 15.6. The van der Waals surface area contributed by atoms with Crippen molar-refractivity contribution in [3.8, 4) is 11.5 Å². The summed E-state index contributed by atoms with van der Waals surface area (Å²) >= 11 is 0. The van der Waals surface area contributed by atoms with E-state index < -0.39 is 18.2 Å². The van der Waals surface area contributed by atoms with Gasteiger partial charge in [0.1, 0.15) is 34.8 Å². The fourth-order valence-corrected chi connectivity index (χ4v) is 4.91. The van der Waals surface area contributed by atoms with Gasteiger partial charge in [0.2, 0.25) is 0 Å². The average molecular weight is 624 g/mol. The molecular weight excluding hydrogens is 578 g/mol. The Bertz CT molecular complexity index is 1410. The van der Waals surface area contributed by atoms with Crippen molar-refractivity contribution in [2.24, 2.45) is 0 Å². The summed E-state index contributed by atoms with van der Waals surface area (Å²) in [7, 11) is 0. The van der Waals surface area contributed by atoms with Gasteiger partial charge in [0.05, 0.1) is 19.8 Å². The maximum Gasteiger partial charge on any atom is 0.407 e. The first-order valence-electron chi connectivity index (χ1n) is 15.6. The summed E-state index contributed by atoms with van der Waals surface area (Å²) in [6.07, 6.45) is 5.68. The molecule has 1 aliphatic rings. The smallest absolute Gasteiger partial charge is 0.407 e. The monoisotopic (exact) mass is 623 g/mol. The number of benzene rings is 2. The first kappa shape index (κ1) is 33.6. The van der Waals surface area contributed by atoms with E-state index >= 15 is 0 Å². The minimum atomic E-state index is -1.05. The van der Waals surface area contributed by atoms with Crippen LogP contribution in [0.2, 0.25) is 0 Å². The van der Waals surface area contributed by atoms with E-state index in [1.165, 1.54) is 6.33 Å². The van der Waals surface area contributed by atoms with Gasteiger partial charge in [0, 0.05) is 43.3 Å². The number of unbranched alkanes of at least 4 members (excludes halogenated alkanes) is 3. The van der Waals surface area contributed by atoms with E-state index in [2.05, 4.69) is 37.6 Å². The second-order valence-electron chi connectivity index (χ2n) is 11.9. The summed E-state index contributed by atoms with van der Waals surface area (Å²) in [5.74, 6) is 0.846. The average Bonchev–Trinajstić information content (AvgIpc) is 3.01. The molecule has 1 fully saturated rings. The molecule has 0 atom stereocenters. The fourth-order valence-electron chi connectivity index (χ4n) is 4.91. The van der Waals surface area contributed by atoms with Gasteiger partial charge in [-0.25, -0.2) is 19.6 Å². The molecule has 2 aromatic carbocycles. The number of amides is 1. The molecule has 0 radical (unpaired) electrons. The molecular formula is C33H45N5O7. The van der Waals surface area contributed by atoms with Gasteiger partial charge in [-0.05, 0) is 63.8 Å². The SMILES string of the molecule is CC(C)(C)OC(=O)NCCCCCCOc1cccc(CCNc2ncnc3c(OCC(=O)O)cc(N4CCOCC4)cc23)c1. The van der Waals surface area contributed by atoms with Crippen LogP contribution in [0.15, 0.2) is 42.7 Å². The summed E-state index contributed by atoms with van der Waals surface area (Å²) in [6, 6.07) is 11.9. The number of hydrogen-bond acceptors (Lipinski definition) is 10. The van der Waals surface area contributed by atoms with Crippen LogP contribution in [0.1, 0.15) is 52.0 Å². The molecule has 45 heavy (non-hydrogen) atoms. The maximum absolute atomic E-state index is 11.7. The molecule has 1 aliphatic heterocycles. The number of anilines is 2. The highest BCUT2D eigenvalue weighted by atomic mass is 16.6. The Morgan fingerprint density at radius 1 is 1.00 bits per heavy atom. The number of aliphatic carboxylic acids is 1. The Labute approximate surface area is 264 Å². The highest BCUT2D eigenvalue weighted by Crippen LogP contribution is 2.34. The van der Waals surface area contributed by atoms with E-state index in [0.717, 1.165) is 67.6 Å². The van der Waals surface area contributed by atoms with Gasteiger partial charge in [0.15, 0.2) is 6.61 Å². The Kier molecular flexibility index (Phi) is 12.4. The number of carboxylic acid groups (broad SMARTS) is 1. The largest absolute Gasteiger partial charge is 0.494 e. The number of carboxylic acids is 1. The van der Waals surface area contributed by atoms with E-state index in [-0.39, 0.29) is 6.09 Å². The molecule has 244 valence electrons. The first-order chi connectivity index (χ1) is 21.7. The standard InChI is InChI=1S/C33H45N5O7/c1-33(2,3)45-32(41)35-12-6-4-5-7-16-43-26-10-8-9-24(19-26)11-13-34-31-27-20-25(38-14-17-42-18-15-38)21-28(44-22-29(39)40)30(27)36-23-37-31/h8-10,19-21,23H,4-7,11-18,22H2,1-3H3,(H,35,41)(H,39,40)(H,34,36,37). The van der Waals surface area contributed by atoms with Crippen molar-refractivity contribution in [3.05, 3.63) is 48.3 Å². The van der Waals surface area contributed by atoms with Crippen molar-refractivity contribution in [1.82, 2.24) is 15.3 Å². The van der Waals surface area contributed by atoms with Gasteiger partial charge < -0.3 is 39.6 Å². The van der Waals surface area contributed by atoms with Crippen LogP contribution in [-0.2, 0) is 20.7 Å². The topological polar surface area (TPSA) is 144 Å². The summed E-state index contributed by atoms with van der Waals surface area (Å²) in [6.45, 7) is 9.65. The molecule has 0 saturated carbocycles. The van der Waals surface area contributed by atoms with Crippen LogP contribution in [0.4, 0.5) is 16.3 Å². The molecule has 4 rings (SSSR count). The molecule has 12 nitrogen and oxygen atoms in total. The van der Waals surface area contributed by atoms with Gasteiger partial charge in [-0.1, -0.05) is 25.0 Å². The molecule has 1 amide bonds. The van der Waals surface area contributed by atoms with E-state index in [9.17, 15) is 14.7 Å². The third-order valence-electron chi connectivity index (χ3n) is 7.03. The molecule has 0 bridgehead atoms. The predicted octanol–water partition coefficient (Wildman–Crippen LogP) is 5.05. The number of ether oxygens (including phenoxy) is 4. The number of hydrogen-bond donors (Lipinski definition) is 3. The molecule has 3 aromatic rings. The van der Waals surface area contributed by atoms with Gasteiger partial charge in [-0.3, -0.25) is 0 Å². The van der Waals surface area contributed by atoms with E-state index in [4.69, 9.17) is 18.9 Å². The second-order valence-corrected chi connectivity index (χ2v) is 11.9. The molecule has 3 N–H and O–H groups in total. The normalized spacial score (nSPS) is 13.4. The number of fused-ring (bicyclic) bond motifs is 1. The zero-order valence-corrected chi connectivity index (χ0v) is 26.5. The third kappa shape index (κ3) is 11.3. The van der Waals surface area contributed by atoms with E-state index in [1.54, 1.807) is 0 Å². The van der Waals surface area contributed by atoms with Gasteiger partial charge >= 0.3 is 12.1 Å². The minimum Gasteiger partial charge on any atom is -0.494 e. The summed E-state index contributed by atoms with van der Waals surface area (Å²) in [5, 5.41) is 16.2. The van der Waals surface area contributed by atoms with Crippen molar-refractivity contribution in [3.63, 3.8) is 0 Å². The highest BCUT2D eigenvalue weighted by molar-refractivity contribution is 5.96. The van der Waals surface area contributed by atoms with Crippen LogP contribution < -0.4 is 25.0 Å². The molecule has 12 heteroatoms. The molecule has 0 unspecified atom stereocenters. The number of nitrogens with zero attached hydrogens (tertiary/aromatic N) is 3. The van der Waals surface area contributed by atoms with E-state index in [1.807, 2.05) is 45.0 Å². The van der Waals surface area contributed by atoms with Gasteiger partial charge in [-0.2, -0.15) is 0 Å². The van der Waals surface area contributed by atoms with Crippen molar-refractivity contribution in [2.45, 2.75) is 58.5 Å². The lowest BCUT2D eigenvalue weighted by atomic mass is 10.1. The van der Waals surface area contributed by atoms with Gasteiger partial charge in [-0.15, -0.1) is 0 Å². The number of morpholine rings is 1. The maximum atomic E-state index is 11.7. The number of aromatic nitrogens is 2. The third-order valence-corrected chi connectivity index (χ3v) is 7.03. The Morgan fingerprint density at radius 3 is 2.58 bits per heavy atom. The van der Waals surface area contributed by atoms with Crippen LogP contribution in [0.3, 0.4) is 0 Å². The van der Waals surface area contributed by atoms with Crippen LogP contribution in [-0.4, -0.2) is 85.3 Å². The Morgan fingerprint density at radius 2 is 1.80 bits per heavy atom. The quantitative estimate of drug-likeness (QED) is 0.184. The molecule has 0 spiro atoms. The molecule has 1 saturated heterocycles. The molecule has 2 heterocycles. The summed E-state index contributed by atoms with van der Waals surface area (Å²) in [5.41, 5.74) is 2.11. The van der Waals surface area contributed by atoms with Crippen LogP contribution in [0.25, 0.3) is 10.9 Å².